The monoisotopic (exact) mass is 291 g/mol. The number of carboxylic acid groups (broad SMARTS) is 1. The largest absolute Gasteiger partial charge is 0.465 e. The Morgan fingerprint density at radius 3 is 2.43 bits per heavy atom. The second-order valence-corrected chi connectivity index (χ2v) is 5.58. The Morgan fingerprint density at radius 1 is 1.10 bits per heavy atom. The fourth-order valence-corrected chi connectivity index (χ4v) is 3.24. The predicted molar refractivity (Wildman–Crippen MR) is 78.5 cm³/mol. The minimum atomic E-state index is -0.896. The minimum Gasteiger partial charge on any atom is -0.465 e. The lowest BCUT2D eigenvalue weighted by molar-refractivity contribution is -0.0437. The molecule has 114 valence electrons. The Morgan fingerprint density at radius 2 is 1.76 bits per heavy atom. The molecule has 1 amide bonds. The molecule has 3 rings (SSSR count). The summed E-state index contributed by atoms with van der Waals surface area (Å²) in [5.74, 6) is 0. The third-order valence-corrected chi connectivity index (χ3v) is 4.22. The summed E-state index contributed by atoms with van der Waals surface area (Å²) in [5, 5.41) is 9.69. The maximum atomic E-state index is 11.8. The van der Waals surface area contributed by atoms with Crippen LogP contribution in [0.15, 0.2) is 24.3 Å². The molecular formula is C16H21NO4. The molecule has 5 heteroatoms. The van der Waals surface area contributed by atoms with Crippen molar-refractivity contribution in [1.29, 1.82) is 0 Å². The first-order chi connectivity index (χ1) is 10.3. The number of ether oxygens (including phenoxy) is 2. The molecule has 1 aliphatic heterocycles. The molecule has 1 heterocycles. The summed E-state index contributed by atoms with van der Waals surface area (Å²) in [6, 6.07) is 7.56. The van der Waals surface area contributed by atoms with Gasteiger partial charge in [-0.3, -0.25) is 4.90 Å². The maximum absolute atomic E-state index is 11.8. The van der Waals surface area contributed by atoms with Crippen LogP contribution in [0.25, 0.3) is 0 Å². The number of rotatable bonds is 3. The summed E-state index contributed by atoms with van der Waals surface area (Å²) in [7, 11) is 0. The van der Waals surface area contributed by atoms with Gasteiger partial charge in [0.2, 0.25) is 0 Å². The third-order valence-electron chi connectivity index (χ3n) is 4.22. The Hall–Kier alpha value is -1.59. The number of para-hydroxylation sites is 1. The van der Waals surface area contributed by atoms with Gasteiger partial charge in [0, 0.05) is 11.6 Å². The molecular weight excluding hydrogens is 270 g/mol. The van der Waals surface area contributed by atoms with Crippen LogP contribution in [0, 0.1) is 0 Å². The van der Waals surface area contributed by atoms with Gasteiger partial charge in [-0.1, -0.05) is 37.5 Å². The zero-order valence-electron chi connectivity index (χ0n) is 12.0. The van der Waals surface area contributed by atoms with Crippen LogP contribution < -0.4 is 4.90 Å². The van der Waals surface area contributed by atoms with Crippen molar-refractivity contribution in [3.63, 3.8) is 0 Å². The standard InChI is InChI=1S/C16H21NO4/c18-16(19)17(12-6-2-1-3-7-12)14-9-5-4-8-13(14)15-20-10-11-21-15/h4-5,8-9,12,15H,1-3,6-7,10-11H2,(H,18,19). The molecule has 0 aromatic heterocycles. The molecule has 21 heavy (non-hydrogen) atoms. The van der Waals surface area contributed by atoms with Crippen molar-refractivity contribution in [2.45, 2.75) is 44.4 Å². The van der Waals surface area contributed by atoms with Gasteiger partial charge < -0.3 is 14.6 Å². The highest BCUT2D eigenvalue weighted by Gasteiger charge is 2.31. The summed E-state index contributed by atoms with van der Waals surface area (Å²) in [6.07, 6.45) is 3.87. The van der Waals surface area contributed by atoms with Crippen LogP contribution in [0.1, 0.15) is 44.0 Å². The quantitative estimate of drug-likeness (QED) is 0.925. The number of benzene rings is 1. The summed E-state index contributed by atoms with van der Waals surface area (Å²) >= 11 is 0. The lowest BCUT2D eigenvalue weighted by Gasteiger charge is -2.33. The van der Waals surface area contributed by atoms with Crippen LogP contribution in [-0.4, -0.2) is 30.5 Å². The van der Waals surface area contributed by atoms with Crippen LogP contribution in [-0.2, 0) is 9.47 Å². The number of hydrogen-bond acceptors (Lipinski definition) is 3. The average Bonchev–Trinajstić information content (AvgIpc) is 3.03. The normalized spacial score (nSPS) is 20.6. The smallest absolute Gasteiger partial charge is 0.412 e. The lowest BCUT2D eigenvalue weighted by Crippen LogP contribution is -2.41. The molecule has 0 radical (unpaired) electrons. The molecule has 1 saturated heterocycles. The van der Waals surface area contributed by atoms with Gasteiger partial charge in [-0.2, -0.15) is 0 Å². The Kier molecular flexibility index (Phi) is 4.41. The number of nitrogens with zero attached hydrogens (tertiary/aromatic N) is 1. The van der Waals surface area contributed by atoms with Gasteiger partial charge in [-0.05, 0) is 18.9 Å². The van der Waals surface area contributed by atoms with E-state index in [9.17, 15) is 9.90 Å². The first-order valence-electron chi connectivity index (χ1n) is 7.61. The molecule has 0 bridgehead atoms. The van der Waals surface area contributed by atoms with Gasteiger partial charge in [0.05, 0.1) is 18.9 Å². The predicted octanol–water partition coefficient (Wildman–Crippen LogP) is 3.55. The SMILES string of the molecule is O=C(O)N(c1ccccc1C1OCCO1)C1CCCCC1. The lowest BCUT2D eigenvalue weighted by atomic mass is 9.93. The van der Waals surface area contributed by atoms with E-state index in [0.717, 1.165) is 31.2 Å². The highest BCUT2D eigenvalue weighted by atomic mass is 16.7. The molecule has 2 fully saturated rings. The van der Waals surface area contributed by atoms with Crippen LogP contribution in [0.2, 0.25) is 0 Å². The fraction of sp³-hybridized carbons (Fsp3) is 0.562. The third kappa shape index (κ3) is 3.04. The number of amides is 1. The first-order valence-corrected chi connectivity index (χ1v) is 7.61. The van der Waals surface area contributed by atoms with Gasteiger partial charge >= 0.3 is 6.09 Å². The summed E-state index contributed by atoms with van der Waals surface area (Å²) in [5.41, 5.74) is 1.51. The van der Waals surface area contributed by atoms with Gasteiger partial charge in [0.1, 0.15) is 0 Å². The van der Waals surface area contributed by atoms with Crippen LogP contribution in [0.3, 0.4) is 0 Å². The molecule has 0 unspecified atom stereocenters. The molecule has 1 aromatic rings. The molecule has 2 aliphatic rings. The molecule has 1 aromatic carbocycles. The highest BCUT2D eigenvalue weighted by molar-refractivity contribution is 5.88. The van der Waals surface area contributed by atoms with Crippen LogP contribution in [0.4, 0.5) is 10.5 Å². The van der Waals surface area contributed by atoms with E-state index in [1.807, 2.05) is 24.3 Å². The van der Waals surface area contributed by atoms with Crippen molar-refractivity contribution in [2.75, 3.05) is 18.1 Å². The Balaban J connectivity index is 1.93. The van der Waals surface area contributed by atoms with Crippen LogP contribution >= 0.6 is 0 Å². The minimum absolute atomic E-state index is 0.0544. The van der Waals surface area contributed by atoms with Gasteiger partial charge in [0.15, 0.2) is 6.29 Å². The number of hydrogen-bond donors (Lipinski definition) is 1. The molecule has 1 saturated carbocycles. The van der Waals surface area contributed by atoms with Gasteiger partial charge in [-0.25, -0.2) is 4.79 Å². The van der Waals surface area contributed by atoms with Crippen molar-refractivity contribution >= 4 is 11.8 Å². The average molecular weight is 291 g/mol. The molecule has 0 spiro atoms. The zero-order chi connectivity index (χ0) is 14.7. The van der Waals surface area contributed by atoms with E-state index in [-0.39, 0.29) is 6.04 Å². The van der Waals surface area contributed by atoms with E-state index in [1.165, 1.54) is 11.3 Å². The van der Waals surface area contributed by atoms with E-state index >= 15 is 0 Å². The van der Waals surface area contributed by atoms with Crippen molar-refractivity contribution in [1.82, 2.24) is 0 Å². The van der Waals surface area contributed by atoms with Crippen molar-refractivity contribution in [2.24, 2.45) is 0 Å². The first kappa shape index (κ1) is 14.4. The Labute approximate surface area is 124 Å². The molecule has 0 atom stereocenters. The van der Waals surface area contributed by atoms with Gasteiger partial charge in [0.25, 0.3) is 0 Å². The fourth-order valence-electron chi connectivity index (χ4n) is 3.24. The van der Waals surface area contributed by atoms with Gasteiger partial charge in [-0.15, -0.1) is 0 Å². The van der Waals surface area contributed by atoms with E-state index in [2.05, 4.69) is 0 Å². The molecule has 1 N–H and O–H groups in total. The Bertz CT molecular complexity index is 493. The van der Waals surface area contributed by atoms with Crippen LogP contribution in [0.5, 0.6) is 0 Å². The van der Waals surface area contributed by atoms with E-state index in [4.69, 9.17) is 9.47 Å². The zero-order valence-corrected chi connectivity index (χ0v) is 12.0. The van der Waals surface area contributed by atoms with Crippen molar-refractivity contribution < 1.29 is 19.4 Å². The van der Waals surface area contributed by atoms with E-state index < -0.39 is 12.4 Å². The summed E-state index contributed by atoms with van der Waals surface area (Å²) < 4.78 is 11.1. The van der Waals surface area contributed by atoms with E-state index in [1.54, 1.807) is 0 Å². The molecule has 1 aliphatic carbocycles. The number of carbonyl (C=O) groups is 1. The summed E-state index contributed by atoms with van der Waals surface area (Å²) in [6.45, 7) is 1.10. The topological polar surface area (TPSA) is 59.0 Å². The maximum Gasteiger partial charge on any atom is 0.412 e. The van der Waals surface area contributed by atoms with Crippen molar-refractivity contribution in [3.8, 4) is 0 Å². The second kappa shape index (κ2) is 6.45. The second-order valence-electron chi connectivity index (χ2n) is 5.58. The molecule has 5 nitrogen and oxygen atoms in total. The van der Waals surface area contributed by atoms with Crippen molar-refractivity contribution in [3.05, 3.63) is 29.8 Å². The highest BCUT2D eigenvalue weighted by Crippen LogP contribution is 2.35. The summed E-state index contributed by atoms with van der Waals surface area (Å²) in [4.78, 5) is 13.3. The van der Waals surface area contributed by atoms with E-state index in [0.29, 0.717) is 18.9 Å². The number of anilines is 1.